The number of likely N-dealkylation sites (tertiary alicyclic amines) is 1. The first kappa shape index (κ1) is 19.9. The highest BCUT2D eigenvalue weighted by Gasteiger charge is 2.35. The third-order valence-corrected chi connectivity index (χ3v) is 4.18. The number of nitrogens with zero attached hydrogens (tertiary/aromatic N) is 1. The number of nitrogens with one attached hydrogen (secondary N) is 1. The van der Waals surface area contributed by atoms with Gasteiger partial charge in [0.05, 0.1) is 11.6 Å². The summed E-state index contributed by atoms with van der Waals surface area (Å²) in [5, 5.41) is 12.1. The Morgan fingerprint density at radius 3 is 2.46 bits per heavy atom. The van der Waals surface area contributed by atoms with Gasteiger partial charge >= 0.3 is 6.09 Å². The van der Waals surface area contributed by atoms with Gasteiger partial charge in [-0.15, -0.1) is 0 Å². The fraction of sp³-hybridized carbons (Fsp3) is 0.556. The van der Waals surface area contributed by atoms with E-state index in [9.17, 15) is 23.5 Å². The van der Waals surface area contributed by atoms with Crippen LogP contribution in [0.15, 0.2) is 12.1 Å². The second kappa shape index (κ2) is 7.47. The minimum atomic E-state index is -1.21. The van der Waals surface area contributed by atoms with Crippen LogP contribution in [0, 0.1) is 17.6 Å². The number of piperidine rings is 1. The predicted molar refractivity (Wildman–Crippen MR) is 91.8 cm³/mol. The molecule has 0 radical (unpaired) electrons. The number of aromatic hydroxyl groups is 1. The van der Waals surface area contributed by atoms with E-state index in [1.165, 1.54) is 4.90 Å². The summed E-state index contributed by atoms with van der Waals surface area (Å²) in [5.74, 6) is -3.97. The van der Waals surface area contributed by atoms with Gasteiger partial charge in [-0.1, -0.05) is 0 Å². The summed E-state index contributed by atoms with van der Waals surface area (Å²) < 4.78 is 31.8. The molecule has 0 aliphatic carbocycles. The third-order valence-electron chi connectivity index (χ3n) is 4.18. The highest BCUT2D eigenvalue weighted by Crippen LogP contribution is 2.29. The molecule has 2 atom stereocenters. The summed E-state index contributed by atoms with van der Waals surface area (Å²) in [6.07, 6.45) is 0.621. The van der Waals surface area contributed by atoms with E-state index >= 15 is 0 Å². The molecule has 1 aromatic rings. The van der Waals surface area contributed by atoms with Gasteiger partial charge in [0.1, 0.15) is 11.4 Å². The Kier molecular flexibility index (Phi) is 5.73. The van der Waals surface area contributed by atoms with Crippen LogP contribution in [0.1, 0.15) is 40.5 Å². The normalized spacial score (nSPS) is 20.6. The van der Waals surface area contributed by atoms with E-state index in [-0.39, 0.29) is 18.3 Å². The highest BCUT2D eigenvalue weighted by molar-refractivity contribution is 5.94. The van der Waals surface area contributed by atoms with Crippen molar-refractivity contribution >= 4 is 17.7 Å². The Balaban J connectivity index is 2.08. The average Bonchev–Trinajstić information content (AvgIpc) is 2.51. The number of benzene rings is 1. The van der Waals surface area contributed by atoms with E-state index in [0.29, 0.717) is 18.9 Å². The Morgan fingerprint density at radius 1 is 1.23 bits per heavy atom. The predicted octanol–water partition coefficient (Wildman–Crippen LogP) is 3.64. The molecule has 144 valence electrons. The molecule has 1 fully saturated rings. The molecule has 0 spiro atoms. The van der Waals surface area contributed by atoms with E-state index in [4.69, 9.17) is 4.74 Å². The lowest BCUT2D eigenvalue weighted by atomic mass is 9.93. The summed E-state index contributed by atoms with van der Waals surface area (Å²) >= 11 is 0. The zero-order valence-corrected chi connectivity index (χ0v) is 15.3. The van der Waals surface area contributed by atoms with Crippen molar-refractivity contribution in [3.05, 3.63) is 23.8 Å². The van der Waals surface area contributed by atoms with E-state index in [2.05, 4.69) is 5.32 Å². The monoisotopic (exact) mass is 370 g/mol. The van der Waals surface area contributed by atoms with Crippen LogP contribution in [-0.4, -0.2) is 40.2 Å². The van der Waals surface area contributed by atoms with E-state index in [0.717, 1.165) is 6.07 Å². The molecule has 2 amide bonds. The lowest BCUT2D eigenvalue weighted by Crippen LogP contribution is -2.49. The second-order valence-corrected chi connectivity index (χ2v) is 7.53. The number of carbonyl (C=O) groups excluding carboxylic acids is 2. The maximum absolute atomic E-state index is 13.3. The van der Waals surface area contributed by atoms with Crippen LogP contribution in [0.25, 0.3) is 0 Å². The summed E-state index contributed by atoms with van der Waals surface area (Å²) in [6, 6.07) is 1.24. The maximum Gasteiger partial charge on any atom is 0.410 e. The van der Waals surface area contributed by atoms with Crippen LogP contribution in [0.3, 0.4) is 0 Å². The van der Waals surface area contributed by atoms with Crippen molar-refractivity contribution in [2.75, 3.05) is 11.9 Å². The van der Waals surface area contributed by atoms with Gasteiger partial charge in [0.15, 0.2) is 11.6 Å². The van der Waals surface area contributed by atoms with Gasteiger partial charge in [-0.3, -0.25) is 4.79 Å². The molecule has 0 saturated carbocycles. The fourth-order valence-electron chi connectivity index (χ4n) is 2.77. The zero-order valence-electron chi connectivity index (χ0n) is 15.3. The lowest BCUT2D eigenvalue weighted by molar-refractivity contribution is -0.121. The second-order valence-electron chi connectivity index (χ2n) is 7.53. The minimum absolute atomic E-state index is 0.0782. The van der Waals surface area contributed by atoms with Crippen molar-refractivity contribution in [1.29, 1.82) is 0 Å². The molecule has 2 rings (SSSR count). The molecule has 2 N–H and O–H groups in total. The molecule has 0 aromatic heterocycles. The number of rotatable bonds is 2. The van der Waals surface area contributed by atoms with Crippen LogP contribution < -0.4 is 5.32 Å². The molecule has 1 saturated heterocycles. The number of amides is 2. The first-order chi connectivity index (χ1) is 12.0. The van der Waals surface area contributed by atoms with Gasteiger partial charge < -0.3 is 20.1 Å². The Bertz CT molecular complexity index is 703. The van der Waals surface area contributed by atoms with Crippen LogP contribution >= 0.6 is 0 Å². The topological polar surface area (TPSA) is 78.9 Å². The Morgan fingerprint density at radius 2 is 1.85 bits per heavy atom. The van der Waals surface area contributed by atoms with Gasteiger partial charge in [0.25, 0.3) is 0 Å². The molecule has 1 aliphatic rings. The molecular weight excluding hydrogens is 346 g/mol. The van der Waals surface area contributed by atoms with Crippen molar-refractivity contribution in [3.8, 4) is 5.75 Å². The maximum atomic E-state index is 13.3. The van der Waals surface area contributed by atoms with Crippen molar-refractivity contribution < 1.29 is 28.2 Å². The van der Waals surface area contributed by atoms with Gasteiger partial charge in [-0.25, -0.2) is 13.6 Å². The SMILES string of the molecule is C[C@@H]1CC[C@@H](C(=O)Nc2cc(F)c(F)cc2O)CN1C(=O)OC(C)(C)C. The first-order valence-corrected chi connectivity index (χ1v) is 8.46. The number of carbonyl (C=O) groups is 2. The van der Waals surface area contributed by atoms with E-state index in [1.54, 1.807) is 20.8 Å². The molecule has 0 unspecified atom stereocenters. The van der Waals surface area contributed by atoms with Crippen molar-refractivity contribution in [1.82, 2.24) is 4.90 Å². The summed E-state index contributed by atoms with van der Waals surface area (Å²) in [7, 11) is 0. The average molecular weight is 370 g/mol. The molecule has 1 aromatic carbocycles. The number of halogens is 2. The summed E-state index contributed by atoms with van der Waals surface area (Å²) in [6.45, 7) is 7.30. The van der Waals surface area contributed by atoms with E-state index in [1.807, 2.05) is 6.92 Å². The molecule has 8 heteroatoms. The van der Waals surface area contributed by atoms with E-state index < -0.39 is 40.9 Å². The number of anilines is 1. The highest BCUT2D eigenvalue weighted by atomic mass is 19.2. The number of ether oxygens (including phenoxy) is 1. The number of hydrogen-bond acceptors (Lipinski definition) is 4. The molecule has 1 aliphatic heterocycles. The Labute approximate surface area is 151 Å². The van der Waals surface area contributed by atoms with Gasteiger partial charge in [0, 0.05) is 24.7 Å². The smallest absolute Gasteiger partial charge is 0.410 e. The van der Waals surface area contributed by atoms with Gasteiger partial charge in [-0.05, 0) is 40.5 Å². The molecule has 6 nitrogen and oxygen atoms in total. The molecular formula is C18H24F2N2O4. The van der Waals surface area contributed by atoms with Crippen molar-refractivity contribution in [3.63, 3.8) is 0 Å². The fourth-order valence-corrected chi connectivity index (χ4v) is 2.77. The van der Waals surface area contributed by atoms with Crippen molar-refractivity contribution in [2.45, 2.75) is 52.2 Å². The van der Waals surface area contributed by atoms with Crippen LogP contribution in [0.5, 0.6) is 5.75 Å². The lowest BCUT2D eigenvalue weighted by Gasteiger charge is -2.38. The molecule has 0 bridgehead atoms. The van der Waals surface area contributed by atoms with Crippen LogP contribution in [-0.2, 0) is 9.53 Å². The standard InChI is InChI=1S/C18H24F2N2O4/c1-10-5-6-11(9-22(10)17(25)26-18(2,3)4)16(24)21-14-7-12(19)13(20)8-15(14)23/h7-8,10-11,23H,5-6,9H2,1-4H3,(H,21,24)/t10-,11-/m1/s1. The van der Waals surface area contributed by atoms with Crippen LogP contribution in [0.4, 0.5) is 19.3 Å². The Hall–Kier alpha value is -2.38. The quantitative estimate of drug-likeness (QED) is 0.779. The largest absolute Gasteiger partial charge is 0.506 e. The molecule has 1 heterocycles. The summed E-state index contributed by atoms with van der Waals surface area (Å²) in [5.41, 5.74) is -0.861. The number of hydrogen-bond donors (Lipinski definition) is 2. The number of phenols is 1. The number of phenolic OH excluding ortho intramolecular Hbond substituents is 1. The third kappa shape index (κ3) is 4.83. The van der Waals surface area contributed by atoms with Crippen molar-refractivity contribution in [2.24, 2.45) is 5.92 Å². The van der Waals surface area contributed by atoms with Crippen LogP contribution in [0.2, 0.25) is 0 Å². The summed E-state index contributed by atoms with van der Waals surface area (Å²) in [4.78, 5) is 26.3. The zero-order chi connectivity index (χ0) is 19.6. The first-order valence-electron chi connectivity index (χ1n) is 8.46. The van der Waals surface area contributed by atoms with Gasteiger partial charge in [-0.2, -0.15) is 0 Å². The van der Waals surface area contributed by atoms with Gasteiger partial charge in [0.2, 0.25) is 5.91 Å². The molecule has 26 heavy (non-hydrogen) atoms. The minimum Gasteiger partial charge on any atom is -0.506 e.